The number of nitrogens with one attached hydrogen (secondary N) is 2. The molecule has 1 aliphatic carbocycles. The highest BCUT2D eigenvalue weighted by atomic mass is 127. The first kappa shape index (κ1) is 19.5. The SMILES string of the molecule is COCc1cc2c(cc1I)NC(N1CCCCC1)N=C2NC1CCCCC1. The minimum absolute atomic E-state index is 0.0490. The quantitative estimate of drug-likeness (QED) is 0.629. The normalized spacial score (nSPS) is 24.1. The molecule has 4 rings (SSSR count). The second kappa shape index (κ2) is 9.09. The molecule has 1 saturated carbocycles. The maximum Gasteiger partial charge on any atom is 0.178 e. The molecule has 1 unspecified atom stereocenters. The van der Waals surface area contributed by atoms with Crippen molar-refractivity contribution >= 4 is 34.1 Å². The highest BCUT2D eigenvalue weighted by Crippen LogP contribution is 2.30. The number of anilines is 1. The molecule has 2 aliphatic heterocycles. The first-order chi connectivity index (χ1) is 13.2. The zero-order valence-electron chi connectivity index (χ0n) is 16.3. The molecule has 6 heteroatoms. The number of fused-ring (bicyclic) bond motifs is 1. The van der Waals surface area contributed by atoms with Crippen LogP contribution in [-0.2, 0) is 11.3 Å². The molecule has 1 saturated heterocycles. The largest absolute Gasteiger partial charge is 0.380 e. The molecule has 2 N–H and O–H groups in total. The van der Waals surface area contributed by atoms with Crippen molar-refractivity contribution in [1.82, 2.24) is 10.2 Å². The summed E-state index contributed by atoms with van der Waals surface area (Å²) in [6, 6.07) is 5.07. The number of hydrogen-bond acceptors (Lipinski definition) is 5. The summed E-state index contributed by atoms with van der Waals surface area (Å²) in [6.07, 6.45) is 10.5. The molecule has 2 heterocycles. The summed E-state index contributed by atoms with van der Waals surface area (Å²) in [7, 11) is 1.76. The molecule has 0 spiro atoms. The van der Waals surface area contributed by atoms with Gasteiger partial charge in [-0.2, -0.15) is 0 Å². The summed E-state index contributed by atoms with van der Waals surface area (Å²) in [5, 5.41) is 7.51. The van der Waals surface area contributed by atoms with Crippen LogP contribution < -0.4 is 10.6 Å². The molecule has 148 valence electrons. The average molecular weight is 482 g/mol. The first-order valence-corrected chi connectivity index (χ1v) is 11.5. The maximum atomic E-state index is 5.41. The summed E-state index contributed by atoms with van der Waals surface area (Å²) in [5.74, 6) is 1.07. The predicted octanol–water partition coefficient (Wildman–Crippen LogP) is 4.30. The predicted molar refractivity (Wildman–Crippen MR) is 119 cm³/mol. The number of methoxy groups -OCH3 is 1. The van der Waals surface area contributed by atoms with Crippen LogP contribution in [0.2, 0.25) is 0 Å². The molecule has 0 aromatic heterocycles. The van der Waals surface area contributed by atoms with E-state index in [9.17, 15) is 0 Å². The Morgan fingerprint density at radius 1 is 1.15 bits per heavy atom. The maximum absolute atomic E-state index is 5.41. The highest BCUT2D eigenvalue weighted by molar-refractivity contribution is 14.1. The van der Waals surface area contributed by atoms with E-state index < -0.39 is 0 Å². The molecule has 0 amide bonds. The molecule has 0 bridgehead atoms. The van der Waals surface area contributed by atoms with Crippen LogP contribution in [0, 0.1) is 3.57 Å². The average Bonchev–Trinajstić information content (AvgIpc) is 2.70. The molecule has 1 aromatic rings. The highest BCUT2D eigenvalue weighted by Gasteiger charge is 2.28. The number of nitrogens with zero attached hydrogens (tertiary/aromatic N) is 2. The van der Waals surface area contributed by atoms with E-state index in [4.69, 9.17) is 9.73 Å². The van der Waals surface area contributed by atoms with Crippen LogP contribution in [0.1, 0.15) is 62.5 Å². The van der Waals surface area contributed by atoms with Gasteiger partial charge in [-0.1, -0.05) is 25.7 Å². The van der Waals surface area contributed by atoms with Crippen molar-refractivity contribution in [2.24, 2.45) is 4.99 Å². The molecule has 3 aliphatic rings. The third kappa shape index (κ3) is 4.59. The summed E-state index contributed by atoms with van der Waals surface area (Å²) in [6.45, 7) is 2.90. The standard InChI is InChI=1S/C21H31IN4O/c1-27-14-15-12-17-19(13-18(15)22)24-21(26-10-6-3-7-11-26)25-20(17)23-16-8-4-2-5-9-16/h12-13,16,21,24H,2-11,14H2,1H3,(H,23,25). The number of ether oxygens (including phenoxy) is 1. The monoisotopic (exact) mass is 482 g/mol. The Bertz CT molecular complexity index is 681. The van der Waals surface area contributed by atoms with Gasteiger partial charge in [-0.05, 0) is 66.0 Å². The smallest absolute Gasteiger partial charge is 0.178 e. The van der Waals surface area contributed by atoms with Crippen LogP contribution in [0.15, 0.2) is 17.1 Å². The van der Waals surface area contributed by atoms with Gasteiger partial charge in [0.05, 0.1) is 6.61 Å². The summed E-state index contributed by atoms with van der Waals surface area (Å²) >= 11 is 2.42. The van der Waals surface area contributed by atoms with Crippen LogP contribution in [0.3, 0.4) is 0 Å². The van der Waals surface area contributed by atoms with Crippen LogP contribution in [-0.4, -0.2) is 43.3 Å². The van der Waals surface area contributed by atoms with E-state index in [-0.39, 0.29) is 6.29 Å². The van der Waals surface area contributed by atoms with Crippen molar-refractivity contribution in [3.05, 3.63) is 26.8 Å². The molecular weight excluding hydrogens is 451 g/mol. The second-order valence-corrected chi connectivity index (χ2v) is 9.16. The van der Waals surface area contributed by atoms with Gasteiger partial charge in [-0.3, -0.25) is 4.90 Å². The third-order valence-corrected chi connectivity index (χ3v) is 6.96. The molecule has 0 radical (unpaired) electrons. The molecule has 1 aromatic carbocycles. The Morgan fingerprint density at radius 2 is 1.89 bits per heavy atom. The van der Waals surface area contributed by atoms with E-state index in [1.54, 1.807) is 7.11 Å². The van der Waals surface area contributed by atoms with Crippen molar-refractivity contribution in [2.75, 3.05) is 25.5 Å². The minimum atomic E-state index is 0.0490. The van der Waals surface area contributed by atoms with Crippen LogP contribution >= 0.6 is 22.6 Å². The van der Waals surface area contributed by atoms with E-state index in [1.807, 2.05) is 0 Å². The van der Waals surface area contributed by atoms with E-state index in [1.165, 1.54) is 71.8 Å². The lowest BCUT2D eigenvalue weighted by Crippen LogP contribution is -2.48. The second-order valence-electron chi connectivity index (χ2n) is 7.99. The van der Waals surface area contributed by atoms with Crippen molar-refractivity contribution in [3.63, 3.8) is 0 Å². The van der Waals surface area contributed by atoms with Gasteiger partial charge >= 0.3 is 0 Å². The molecule has 2 fully saturated rings. The number of halogens is 1. The first-order valence-electron chi connectivity index (χ1n) is 10.4. The summed E-state index contributed by atoms with van der Waals surface area (Å²) in [4.78, 5) is 7.64. The van der Waals surface area contributed by atoms with Crippen LogP contribution in [0.5, 0.6) is 0 Å². The van der Waals surface area contributed by atoms with Gasteiger partial charge in [-0.15, -0.1) is 0 Å². The van der Waals surface area contributed by atoms with Gasteiger partial charge in [0.2, 0.25) is 0 Å². The fourth-order valence-corrected chi connectivity index (χ4v) is 5.08. The lowest BCUT2D eigenvalue weighted by atomic mass is 9.95. The fraction of sp³-hybridized carbons (Fsp3) is 0.667. The van der Waals surface area contributed by atoms with Crippen molar-refractivity contribution in [2.45, 2.75) is 70.3 Å². The number of rotatable bonds is 4. The molecular formula is C21H31IN4O. The zero-order valence-corrected chi connectivity index (χ0v) is 18.4. The summed E-state index contributed by atoms with van der Waals surface area (Å²) in [5.41, 5.74) is 3.62. The number of amidine groups is 1. The van der Waals surface area contributed by atoms with E-state index in [0.29, 0.717) is 12.6 Å². The Labute approximate surface area is 176 Å². The minimum Gasteiger partial charge on any atom is -0.380 e. The van der Waals surface area contributed by atoms with Crippen molar-refractivity contribution < 1.29 is 4.74 Å². The van der Waals surface area contributed by atoms with E-state index >= 15 is 0 Å². The topological polar surface area (TPSA) is 48.9 Å². The summed E-state index contributed by atoms with van der Waals surface area (Å²) < 4.78 is 6.65. The number of piperidine rings is 1. The Morgan fingerprint density at radius 3 is 2.63 bits per heavy atom. The number of aliphatic imine (C=N–C) groups is 1. The Hall–Kier alpha value is -0.860. The number of hydrogen-bond donors (Lipinski definition) is 2. The van der Waals surface area contributed by atoms with E-state index in [2.05, 4.69) is 50.3 Å². The molecule has 1 atom stereocenters. The van der Waals surface area contributed by atoms with Crippen LogP contribution in [0.25, 0.3) is 0 Å². The Kier molecular flexibility index (Phi) is 6.55. The lowest BCUT2D eigenvalue weighted by Gasteiger charge is -2.37. The Balaban J connectivity index is 1.64. The molecule has 5 nitrogen and oxygen atoms in total. The van der Waals surface area contributed by atoms with Gasteiger partial charge in [0.25, 0.3) is 0 Å². The van der Waals surface area contributed by atoms with E-state index in [0.717, 1.165) is 18.9 Å². The number of likely N-dealkylation sites (tertiary alicyclic amines) is 1. The third-order valence-electron chi connectivity index (χ3n) is 5.96. The fourth-order valence-electron chi connectivity index (χ4n) is 4.45. The van der Waals surface area contributed by atoms with Gasteiger partial charge in [-0.25, -0.2) is 4.99 Å². The number of benzene rings is 1. The van der Waals surface area contributed by atoms with Gasteiger partial charge in [0, 0.05) is 41.1 Å². The van der Waals surface area contributed by atoms with Crippen molar-refractivity contribution in [1.29, 1.82) is 0 Å². The van der Waals surface area contributed by atoms with Gasteiger partial charge in [0.15, 0.2) is 6.29 Å². The van der Waals surface area contributed by atoms with Gasteiger partial charge in [0.1, 0.15) is 5.84 Å². The van der Waals surface area contributed by atoms with Crippen LogP contribution in [0.4, 0.5) is 5.69 Å². The van der Waals surface area contributed by atoms with Crippen molar-refractivity contribution in [3.8, 4) is 0 Å². The zero-order chi connectivity index (χ0) is 18.6. The lowest BCUT2D eigenvalue weighted by molar-refractivity contribution is 0.182. The molecule has 27 heavy (non-hydrogen) atoms. The van der Waals surface area contributed by atoms with Gasteiger partial charge < -0.3 is 15.4 Å².